The van der Waals surface area contributed by atoms with E-state index in [1.807, 2.05) is 18.7 Å². The van der Waals surface area contributed by atoms with E-state index in [2.05, 4.69) is 5.32 Å². The smallest absolute Gasteiger partial charge is 0.239 e. The van der Waals surface area contributed by atoms with Crippen LogP contribution in [0.1, 0.15) is 19.4 Å². The van der Waals surface area contributed by atoms with Crippen LogP contribution in [0.4, 0.5) is 4.39 Å². The number of carbonyl (C=O) groups excluding carboxylic acids is 2. The molecule has 0 radical (unpaired) electrons. The molecule has 1 N–H and O–H groups in total. The maximum atomic E-state index is 12.9. The van der Waals surface area contributed by atoms with Gasteiger partial charge in [0.2, 0.25) is 11.8 Å². The standard InChI is InChI=1S/C18H26FN3O2/c1-13(2)17-18(24)21(3)10-11-22(17)12-16(23)20-9-8-14-4-6-15(19)7-5-14/h4-7,13,17H,8-12H2,1-3H3,(H,20,23)/t17-/m1/s1. The Kier molecular flexibility index (Phi) is 6.31. The lowest BCUT2D eigenvalue weighted by atomic mass is 9.99. The lowest BCUT2D eigenvalue weighted by Gasteiger charge is -2.40. The van der Waals surface area contributed by atoms with Crippen molar-refractivity contribution in [3.8, 4) is 0 Å². The van der Waals surface area contributed by atoms with Gasteiger partial charge in [-0.15, -0.1) is 0 Å². The van der Waals surface area contributed by atoms with E-state index in [0.717, 1.165) is 5.56 Å². The van der Waals surface area contributed by atoms with E-state index < -0.39 is 0 Å². The summed E-state index contributed by atoms with van der Waals surface area (Å²) in [6, 6.07) is 6.03. The summed E-state index contributed by atoms with van der Waals surface area (Å²) in [5, 5.41) is 2.88. The maximum Gasteiger partial charge on any atom is 0.239 e. The fourth-order valence-corrected chi connectivity index (χ4v) is 3.03. The molecule has 5 nitrogen and oxygen atoms in total. The molecule has 6 heteroatoms. The first-order chi connectivity index (χ1) is 11.4. The second-order valence-corrected chi connectivity index (χ2v) is 6.65. The van der Waals surface area contributed by atoms with E-state index in [0.29, 0.717) is 26.1 Å². The zero-order valence-electron chi connectivity index (χ0n) is 14.6. The molecule has 2 rings (SSSR count). The molecule has 1 aromatic rings. The lowest BCUT2D eigenvalue weighted by Crippen LogP contribution is -2.59. The number of hydrogen-bond donors (Lipinski definition) is 1. The van der Waals surface area contributed by atoms with Crippen LogP contribution in [0.25, 0.3) is 0 Å². The van der Waals surface area contributed by atoms with Gasteiger partial charge < -0.3 is 10.2 Å². The number of nitrogens with zero attached hydrogens (tertiary/aromatic N) is 2. The summed E-state index contributed by atoms with van der Waals surface area (Å²) in [7, 11) is 1.80. The van der Waals surface area contributed by atoms with Gasteiger partial charge in [0.05, 0.1) is 12.6 Å². The van der Waals surface area contributed by atoms with Crippen molar-refractivity contribution < 1.29 is 14.0 Å². The molecule has 0 aromatic heterocycles. The predicted octanol–water partition coefficient (Wildman–Crippen LogP) is 1.28. The van der Waals surface area contributed by atoms with E-state index in [1.165, 1.54) is 12.1 Å². The highest BCUT2D eigenvalue weighted by Gasteiger charge is 2.35. The van der Waals surface area contributed by atoms with Gasteiger partial charge in [0.25, 0.3) is 0 Å². The first kappa shape index (κ1) is 18.4. The Hall–Kier alpha value is -1.95. The summed E-state index contributed by atoms with van der Waals surface area (Å²) in [5.41, 5.74) is 0.978. The van der Waals surface area contributed by atoms with Gasteiger partial charge in [-0.25, -0.2) is 4.39 Å². The van der Waals surface area contributed by atoms with Gasteiger partial charge in [0.15, 0.2) is 0 Å². The second-order valence-electron chi connectivity index (χ2n) is 6.65. The number of amides is 2. The number of nitrogens with one attached hydrogen (secondary N) is 1. The summed E-state index contributed by atoms with van der Waals surface area (Å²) >= 11 is 0. The Morgan fingerprint density at radius 3 is 2.58 bits per heavy atom. The third kappa shape index (κ3) is 4.77. The molecule has 1 aliphatic heterocycles. The SMILES string of the molecule is CC(C)[C@@H]1C(=O)N(C)CCN1CC(=O)NCCc1ccc(F)cc1. The molecule has 0 unspecified atom stereocenters. The number of rotatable bonds is 6. The summed E-state index contributed by atoms with van der Waals surface area (Å²) in [6.45, 7) is 6.08. The number of hydrogen-bond acceptors (Lipinski definition) is 3. The van der Waals surface area contributed by atoms with Crippen LogP contribution in [0.5, 0.6) is 0 Å². The molecule has 1 saturated heterocycles. The molecule has 0 saturated carbocycles. The topological polar surface area (TPSA) is 52.7 Å². The number of likely N-dealkylation sites (N-methyl/N-ethyl adjacent to an activating group) is 1. The molecule has 0 spiro atoms. The van der Waals surface area contributed by atoms with Gasteiger partial charge in [0, 0.05) is 26.7 Å². The van der Waals surface area contributed by atoms with Gasteiger partial charge in [-0.3, -0.25) is 14.5 Å². The van der Waals surface area contributed by atoms with Gasteiger partial charge in [-0.05, 0) is 30.0 Å². The molecule has 0 aliphatic carbocycles. The van der Waals surface area contributed by atoms with Gasteiger partial charge in [0.1, 0.15) is 5.82 Å². The van der Waals surface area contributed by atoms with Crippen LogP contribution in [0.2, 0.25) is 0 Å². The van der Waals surface area contributed by atoms with Crippen molar-refractivity contribution in [3.63, 3.8) is 0 Å². The molecule has 2 amide bonds. The zero-order chi connectivity index (χ0) is 17.7. The maximum absolute atomic E-state index is 12.9. The molecular formula is C18H26FN3O2. The summed E-state index contributed by atoms with van der Waals surface area (Å²) in [4.78, 5) is 28.2. The van der Waals surface area contributed by atoms with E-state index in [-0.39, 0.29) is 36.1 Å². The molecule has 132 valence electrons. The average Bonchev–Trinajstić information content (AvgIpc) is 2.52. The van der Waals surface area contributed by atoms with Gasteiger partial charge in [-0.1, -0.05) is 26.0 Å². The Labute approximate surface area is 142 Å². The molecule has 1 heterocycles. The third-order valence-electron chi connectivity index (χ3n) is 4.37. The van der Waals surface area contributed by atoms with Crippen LogP contribution in [-0.2, 0) is 16.0 Å². The minimum Gasteiger partial charge on any atom is -0.355 e. The van der Waals surface area contributed by atoms with Crippen molar-refractivity contribution >= 4 is 11.8 Å². The van der Waals surface area contributed by atoms with Crippen molar-refractivity contribution in [2.75, 3.05) is 33.2 Å². The van der Waals surface area contributed by atoms with Crippen molar-refractivity contribution in [2.24, 2.45) is 5.92 Å². The quantitative estimate of drug-likeness (QED) is 0.852. The third-order valence-corrected chi connectivity index (χ3v) is 4.37. The van der Waals surface area contributed by atoms with Crippen molar-refractivity contribution in [3.05, 3.63) is 35.6 Å². The Balaban J connectivity index is 1.82. The highest BCUT2D eigenvalue weighted by molar-refractivity contribution is 5.84. The molecule has 1 fully saturated rings. The molecule has 1 aliphatic rings. The monoisotopic (exact) mass is 335 g/mol. The second kappa shape index (κ2) is 8.24. The lowest BCUT2D eigenvalue weighted by molar-refractivity contribution is -0.143. The first-order valence-electron chi connectivity index (χ1n) is 8.38. The normalized spacial score (nSPS) is 19.0. The van der Waals surface area contributed by atoms with Crippen LogP contribution < -0.4 is 5.32 Å². The summed E-state index contributed by atoms with van der Waals surface area (Å²) in [5.74, 6) is -0.106. The molecular weight excluding hydrogens is 309 g/mol. The Morgan fingerprint density at radius 2 is 1.96 bits per heavy atom. The Bertz CT molecular complexity index is 574. The highest BCUT2D eigenvalue weighted by atomic mass is 19.1. The van der Waals surface area contributed by atoms with Gasteiger partial charge in [-0.2, -0.15) is 0 Å². The molecule has 1 atom stereocenters. The predicted molar refractivity (Wildman–Crippen MR) is 90.9 cm³/mol. The van der Waals surface area contributed by atoms with Crippen LogP contribution in [-0.4, -0.2) is 60.9 Å². The average molecular weight is 335 g/mol. The van der Waals surface area contributed by atoms with E-state index >= 15 is 0 Å². The first-order valence-corrected chi connectivity index (χ1v) is 8.38. The summed E-state index contributed by atoms with van der Waals surface area (Å²) < 4.78 is 12.9. The number of piperazine rings is 1. The fraction of sp³-hybridized carbons (Fsp3) is 0.556. The van der Waals surface area contributed by atoms with Crippen molar-refractivity contribution in [1.29, 1.82) is 0 Å². The Morgan fingerprint density at radius 1 is 1.29 bits per heavy atom. The van der Waals surface area contributed by atoms with Crippen LogP contribution in [0.3, 0.4) is 0 Å². The van der Waals surface area contributed by atoms with Crippen molar-refractivity contribution in [1.82, 2.24) is 15.1 Å². The number of benzene rings is 1. The number of carbonyl (C=O) groups is 2. The van der Waals surface area contributed by atoms with E-state index in [4.69, 9.17) is 0 Å². The van der Waals surface area contributed by atoms with E-state index in [9.17, 15) is 14.0 Å². The summed E-state index contributed by atoms with van der Waals surface area (Å²) in [6.07, 6.45) is 0.654. The molecule has 0 bridgehead atoms. The molecule has 24 heavy (non-hydrogen) atoms. The fourth-order valence-electron chi connectivity index (χ4n) is 3.03. The number of halogens is 1. The van der Waals surface area contributed by atoms with Crippen molar-refractivity contribution in [2.45, 2.75) is 26.3 Å². The minimum absolute atomic E-state index is 0.0790. The van der Waals surface area contributed by atoms with Crippen LogP contribution in [0, 0.1) is 11.7 Å². The minimum atomic E-state index is -0.262. The van der Waals surface area contributed by atoms with Crippen LogP contribution >= 0.6 is 0 Å². The highest BCUT2D eigenvalue weighted by Crippen LogP contribution is 2.17. The largest absolute Gasteiger partial charge is 0.355 e. The van der Waals surface area contributed by atoms with Gasteiger partial charge >= 0.3 is 0 Å². The molecule has 1 aromatic carbocycles. The zero-order valence-corrected chi connectivity index (χ0v) is 14.6. The van der Waals surface area contributed by atoms with E-state index in [1.54, 1.807) is 24.1 Å². The van der Waals surface area contributed by atoms with Crippen LogP contribution in [0.15, 0.2) is 24.3 Å².